The van der Waals surface area contributed by atoms with Gasteiger partial charge in [-0.25, -0.2) is 4.79 Å². The lowest BCUT2D eigenvalue weighted by atomic mass is 10.1. The standard InChI is InChI=1S/C14H20N2O3/c1-2-11(14(17)18)15-12-5-3-4-6-13(12)16-7-9-19-10-8-16/h3-6,11,15H,2,7-10H2,1H3,(H,17,18). The Morgan fingerprint density at radius 2 is 2.11 bits per heavy atom. The third-order valence-electron chi connectivity index (χ3n) is 3.29. The molecule has 0 aromatic heterocycles. The van der Waals surface area contributed by atoms with E-state index in [-0.39, 0.29) is 0 Å². The molecule has 1 aliphatic heterocycles. The van der Waals surface area contributed by atoms with Crippen molar-refractivity contribution in [2.75, 3.05) is 36.5 Å². The molecule has 0 bridgehead atoms. The summed E-state index contributed by atoms with van der Waals surface area (Å²) >= 11 is 0. The van der Waals surface area contributed by atoms with Crippen LogP contribution < -0.4 is 10.2 Å². The van der Waals surface area contributed by atoms with Crippen LogP contribution in [0.15, 0.2) is 24.3 Å². The number of anilines is 2. The van der Waals surface area contributed by atoms with Gasteiger partial charge in [0.2, 0.25) is 0 Å². The number of para-hydroxylation sites is 2. The summed E-state index contributed by atoms with van der Waals surface area (Å²) in [6, 6.07) is 7.28. The summed E-state index contributed by atoms with van der Waals surface area (Å²) in [6.45, 7) is 4.96. The summed E-state index contributed by atoms with van der Waals surface area (Å²) in [5, 5.41) is 12.3. The Hall–Kier alpha value is -1.75. The normalized spacial score (nSPS) is 17.0. The summed E-state index contributed by atoms with van der Waals surface area (Å²) < 4.78 is 5.35. The maximum absolute atomic E-state index is 11.1. The summed E-state index contributed by atoms with van der Waals surface area (Å²) in [5.41, 5.74) is 1.92. The molecule has 0 radical (unpaired) electrons. The Morgan fingerprint density at radius 3 is 2.74 bits per heavy atom. The number of benzene rings is 1. The zero-order valence-corrected chi connectivity index (χ0v) is 11.1. The van der Waals surface area contributed by atoms with Crippen molar-refractivity contribution < 1.29 is 14.6 Å². The first-order chi connectivity index (χ1) is 9.22. The summed E-state index contributed by atoms with van der Waals surface area (Å²) in [5.74, 6) is -0.820. The maximum Gasteiger partial charge on any atom is 0.326 e. The van der Waals surface area contributed by atoms with Crippen molar-refractivity contribution in [1.29, 1.82) is 0 Å². The predicted molar refractivity (Wildman–Crippen MR) is 74.8 cm³/mol. The fraction of sp³-hybridized carbons (Fsp3) is 0.500. The van der Waals surface area contributed by atoms with Crippen LogP contribution in [0.5, 0.6) is 0 Å². The van der Waals surface area contributed by atoms with Crippen LogP contribution in [0.3, 0.4) is 0 Å². The van der Waals surface area contributed by atoms with Crippen LogP contribution in [0.25, 0.3) is 0 Å². The van der Waals surface area contributed by atoms with Gasteiger partial charge in [-0.05, 0) is 18.6 Å². The van der Waals surface area contributed by atoms with Gasteiger partial charge in [-0.1, -0.05) is 19.1 Å². The van der Waals surface area contributed by atoms with Crippen molar-refractivity contribution in [3.05, 3.63) is 24.3 Å². The van der Waals surface area contributed by atoms with E-state index in [4.69, 9.17) is 9.84 Å². The lowest BCUT2D eigenvalue weighted by Crippen LogP contribution is -2.37. The van der Waals surface area contributed by atoms with Crippen molar-refractivity contribution in [2.24, 2.45) is 0 Å². The number of hydrogen-bond donors (Lipinski definition) is 2. The molecule has 1 atom stereocenters. The molecule has 2 rings (SSSR count). The zero-order valence-electron chi connectivity index (χ0n) is 11.1. The minimum Gasteiger partial charge on any atom is -0.480 e. The van der Waals surface area contributed by atoms with Crippen LogP contribution in [0.4, 0.5) is 11.4 Å². The molecule has 1 heterocycles. The Morgan fingerprint density at radius 1 is 1.42 bits per heavy atom. The number of nitrogens with one attached hydrogen (secondary N) is 1. The van der Waals surface area contributed by atoms with Gasteiger partial charge < -0.3 is 20.1 Å². The minimum absolute atomic E-state index is 0.548. The highest BCUT2D eigenvalue weighted by atomic mass is 16.5. The molecule has 0 saturated carbocycles. The first kappa shape index (κ1) is 13.7. The van der Waals surface area contributed by atoms with E-state index < -0.39 is 12.0 Å². The van der Waals surface area contributed by atoms with Gasteiger partial charge in [0.05, 0.1) is 24.6 Å². The van der Waals surface area contributed by atoms with Gasteiger partial charge in [0.25, 0.3) is 0 Å². The highest BCUT2D eigenvalue weighted by Crippen LogP contribution is 2.27. The highest BCUT2D eigenvalue weighted by Gasteiger charge is 2.19. The second-order valence-electron chi connectivity index (χ2n) is 4.56. The lowest BCUT2D eigenvalue weighted by molar-refractivity contribution is -0.137. The number of carbonyl (C=O) groups is 1. The Bertz CT molecular complexity index is 430. The summed E-state index contributed by atoms with van der Waals surface area (Å²) in [7, 11) is 0. The second-order valence-corrected chi connectivity index (χ2v) is 4.56. The summed E-state index contributed by atoms with van der Waals surface area (Å²) in [4.78, 5) is 13.3. The van der Waals surface area contributed by atoms with E-state index in [0.29, 0.717) is 19.6 Å². The average molecular weight is 264 g/mol. The number of carboxylic acid groups (broad SMARTS) is 1. The first-order valence-corrected chi connectivity index (χ1v) is 6.63. The monoisotopic (exact) mass is 264 g/mol. The number of aliphatic carboxylic acids is 1. The van der Waals surface area contributed by atoms with Crippen LogP contribution in [0, 0.1) is 0 Å². The molecule has 1 aromatic carbocycles. The van der Waals surface area contributed by atoms with Crippen molar-refractivity contribution in [3.63, 3.8) is 0 Å². The van der Waals surface area contributed by atoms with E-state index in [1.807, 2.05) is 31.2 Å². The van der Waals surface area contributed by atoms with Gasteiger partial charge in [-0.15, -0.1) is 0 Å². The number of ether oxygens (including phenoxy) is 1. The predicted octanol–water partition coefficient (Wildman–Crippen LogP) is 1.80. The van der Waals surface area contributed by atoms with Crippen LogP contribution in [-0.2, 0) is 9.53 Å². The average Bonchev–Trinajstić information content (AvgIpc) is 2.45. The Balaban J connectivity index is 2.17. The van der Waals surface area contributed by atoms with Crippen LogP contribution in [0.1, 0.15) is 13.3 Å². The van der Waals surface area contributed by atoms with Gasteiger partial charge in [0, 0.05) is 13.1 Å². The van der Waals surface area contributed by atoms with E-state index in [1.54, 1.807) is 0 Å². The molecule has 2 N–H and O–H groups in total. The smallest absolute Gasteiger partial charge is 0.326 e. The molecule has 104 valence electrons. The largest absolute Gasteiger partial charge is 0.480 e. The SMILES string of the molecule is CCC(Nc1ccccc1N1CCOCC1)C(=O)O. The quantitative estimate of drug-likeness (QED) is 0.849. The van der Waals surface area contributed by atoms with E-state index in [1.165, 1.54) is 0 Å². The third-order valence-corrected chi connectivity index (χ3v) is 3.29. The third kappa shape index (κ3) is 3.38. The molecule has 1 aromatic rings. The molecule has 0 spiro atoms. The molecule has 1 unspecified atom stereocenters. The van der Waals surface area contributed by atoms with Crippen LogP contribution >= 0.6 is 0 Å². The van der Waals surface area contributed by atoms with Crippen molar-refractivity contribution >= 4 is 17.3 Å². The first-order valence-electron chi connectivity index (χ1n) is 6.63. The number of nitrogens with zero attached hydrogens (tertiary/aromatic N) is 1. The van der Waals surface area contributed by atoms with E-state index in [2.05, 4.69) is 10.2 Å². The number of hydrogen-bond acceptors (Lipinski definition) is 4. The summed E-state index contributed by atoms with van der Waals surface area (Å²) in [6.07, 6.45) is 0.548. The molecule has 0 aliphatic carbocycles. The number of carboxylic acids is 1. The molecular weight excluding hydrogens is 244 g/mol. The number of rotatable bonds is 5. The fourth-order valence-electron chi connectivity index (χ4n) is 2.20. The van der Waals surface area contributed by atoms with E-state index in [0.717, 1.165) is 24.5 Å². The second kappa shape index (κ2) is 6.43. The van der Waals surface area contributed by atoms with E-state index >= 15 is 0 Å². The van der Waals surface area contributed by atoms with Gasteiger partial charge in [0.15, 0.2) is 0 Å². The van der Waals surface area contributed by atoms with Crippen LogP contribution in [-0.4, -0.2) is 43.4 Å². The molecule has 5 nitrogen and oxygen atoms in total. The lowest BCUT2D eigenvalue weighted by Gasteiger charge is -2.31. The van der Waals surface area contributed by atoms with E-state index in [9.17, 15) is 4.79 Å². The Labute approximate surface area is 113 Å². The van der Waals surface area contributed by atoms with Crippen molar-refractivity contribution in [1.82, 2.24) is 0 Å². The minimum atomic E-state index is -0.820. The molecule has 19 heavy (non-hydrogen) atoms. The molecule has 1 aliphatic rings. The zero-order chi connectivity index (χ0) is 13.7. The molecular formula is C14H20N2O3. The van der Waals surface area contributed by atoms with Gasteiger partial charge in [-0.2, -0.15) is 0 Å². The van der Waals surface area contributed by atoms with Gasteiger partial charge in [0.1, 0.15) is 6.04 Å². The molecule has 0 amide bonds. The fourth-order valence-corrected chi connectivity index (χ4v) is 2.20. The van der Waals surface area contributed by atoms with Crippen LogP contribution in [0.2, 0.25) is 0 Å². The topological polar surface area (TPSA) is 61.8 Å². The van der Waals surface area contributed by atoms with Crippen molar-refractivity contribution in [2.45, 2.75) is 19.4 Å². The number of morpholine rings is 1. The Kier molecular flexibility index (Phi) is 4.63. The highest BCUT2D eigenvalue weighted by molar-refractivity contribution is 5.80. The molecule has 1 saturated heterocycles. The van der Waals surface area contributed by atoms with Crippen molar-refractivity contribution in [3.8, 4) is 0 Å². The van der Waals surface area contributed by atoms with Gasteiger partial charge in [-0.3, -0.25) is 0 Å². The maximum atomic E-state index is 11.1. The molecule has 1 fully saturated rings. The van der Waals surface area contributed by atoms with Gasteiger partial charge >= 0.3 is 5.97 Å². The molecule has 5 heteroatoms.